The number of hydrogen-bond donors (Lipinski definition) is 0. The summed E-state index contributed by atoms with van der Waals surface area (Å²) in [7, 11) is -3.36. The molecule has 0 saturated heterocycles. The molecule has 2 unspecified atom stereocenters. The van der Waals surface area contributed by atoms with Gasteiger partial charge in [0.05, 0.1) is 17.9 Å². The minimum absolute atomic E-state index is 0.00606. The summed E-state index contributed by atoms with van der Waals surface area (Å²) in [6.45, 7) is 1.82. The summed E-state index contributed by atoms with van der Waals surface area (Å²) in [6, 6.07) is 1.95. The Morgan fingerprint density at radius 3 is 2.83 bits per heavy atom. The maximum atomic E-state index is 11.1. The summed E-state index contributed by atoms with van der Waals surface area (Å²) < 4.78 is 26.9. The van der Waals surface area contributed by atoms with Gasteiger partial charge < -0.3 is 0 Å². The van der Waals surface area contributed by atoms with E-state index in [4.69, 9.17) is 5.26 Å². The smallest absolute Gasteiger partial charge is 0.270 e. The number of nitriles is 1. The van der Waals surface area contributed by atoms with Gasteiger partial charge in [0.25, 0.3) is 10.1 Å². The lowest BCUT2D eigenvalue weighted by atomic mass is 10.3. The third-order valence-corrected chi connectivity index (χ3v) is 3.75. The second kappa shape index (κ2) is 3.42. The van der Waals surface area contributed by atoms with Gasteiger partial charge in [-0.3, -0.25) is 4.18 Å². The van der Waals surface area contributed by atoms with Crippen LogP contribution in [0.5, 0.6) is 0 Å². The van der Waals surface area contributed by atoms with Crippen molar-refractivity contribution in [1.29, 1.82) is 5.26 Å². The van der Waals surface area contributed by atoms with Crippen molar-refractivity contribution in [1.82, 2.24) is 0 Å². The van der Waals surface area contributed by atoms with E-state index in [9.17, 15) is 8.42 Å². The highest BCUT2D eigenvalue weighted by atomic mass is 32.2. The van der Waals surface area contributed by atoms with Crippen molar-refractivity contribution in [3.63, 3.8) is 0 Å². The predicted molar refractivity (Wildman–Crippen MR) is 42.7 cm³/mol. The molecular formula is C7H11NO3S. The van der Waals surface area contributed by atoms with Crippen molar-refractivity contribution in [2.24, 2.45) is 5.92 Å². The third-order valence-electron chi connectivity index (χ3n) is 1.86. The van der Waals surface area contributed by atoms with Gasteiger partial charge in [-0.1, -0.05) is 0 Å². The van der Waals surface area contributed by atoms with E-state index in [1.807, 2.05) is 6.07 Å². The third kappa shape index (κ3) is 1.96. The molecule has 2 atom stereocenters. The Balaban J connectivity index is 2.48. The largest absolute Gasteiger partial charge is 0.270 e. The molecule has 0 aliphatic heterocycles. The van der Waals surface area contributed by atoms with E-state index < -0.39 is 15.4 Å². The first-order valence-electron chi connectivity index (χ1n) is 3.87. The normalized spacial score (nSPS) is 28.0. The van der Waals surface area contributed by atoms with Gasteiger partial charge in [0, 0.05) is 6.42 Å². The highest BCUT2D eigenvalue weighted by Gasteiger charge is 2.47. The molecule has 0 spiro atoms. The molecule has 0 bridgehead atoms. The van der Waals surface area contributed by atoms with Crippen LogP contribution in [0.25, 0.3) is 0 Å². The van der Waals surface area contributed by atoms with Gasteiger partial charge in [-0.2, -0.15) is 13.7 Å². The zero-order chi connectivity index (χ0) is 9.19. The molecule has 0 aromatic heterocycles. The number of hydrogen-bond acceptors (Lipinski definition) is 4. The molecule has 0 amide bonds. The molecule has 1 fully saturated rings. The Morgan fingerprint density at radius 2 is 2.33 bits per heavy atom. The van der Waals surface area contributed by atoms with Crippen LogP contribution in [0.4, 0.5) is 0 Å². The molecule has 12 heavy (non-hydrogen) atoms. The Hall–Kier alpha value is -0.600. The zero-order valence-electron chi connectivity index (χ0n) is 6.86. The predicted octanol–water partition coefficient (Wildman–Crippen LogP) is 0.655. The number of nitrogens with zero attached hydrogens (tertiary/aromatic N) is 1. The first-order valence-corrected chi connectivity index (χ1v) is 5.34. The summed E-state index contributed by atoms with van der Waals surface area (Å²) >= 11 is 0. The van der Waals surface area contributed by atoms with Gasteiger partial charge in [0.2, 0.25) is 0 Å². The summed E-state index contributed by atoms with van der Waals surface area (Å²) in [5, 5.41) is 7.89. The van der Waals surface area contributed by atoms with E-state index in [-0.39, 0.29) is 12.5 Å². The van der Waals surface area contributed by atoms with Gasteiger partial charge in [0.1, 0.15) is 0 Å². The van der Waals surface area contributed by atoms with Crippen molar-refractivity contribution >= 4 is 10.1 Å². The van der Waals surface area contributed by atoms with Crippen LogP contribution in [0.15, 0.2) is 0 Å². The Kier molecular flexibility index (Phi) is 2.70. The Labute approximate surface area is 72.3 Å². The van der Waals surface area contributed by atoms with Crippen LogP contribution in [0, 0.1) is 17.2 Å². The molecule has 0 heterocycles. The lowest BCUT2D eigenvalue weighted by Crippen LogP contribution is -2.12. The van der Waals surface area contributed by atoms with Crippen molar-refractivity contribution in [3.05, 3.63) is 0 Å². The second-order valence-corrected chi connectivity index (χ2v) is 4.62. The standard InChI is InChI=1S/C7H11NO3S/c1-2-11-12(9,10)7-5-6(7)3-4-8/h6-7H,2-3,5H2,1H3. The molecule has 1 saturated carbocycles. The maximum absolute atomic E-state index is 11.1. The van der Waals surface area contributed by atoms with Crippen molar-refractivity contribution in [3.8, 4) is 6.07 Å². The maximum Gasteiger partial charge on any atom is 0.270 e. The highest BCUT2D eigenvalue weighted by molar-refractivity contribution is 7.87. The molecular weight excluding hydrogens is 178 g/mol. The molecule has 0 N–H and O–H groups in total. The molecule has 1 aliphatic carbocycles. The van der Waals surface area contributed by atoms with E-state index in [0.717, 1.165) is 0 Å². The average Bonchev–Trinajstić information content (AvgIpc) is 2.68. The average molecular weight is 189 g/mol. The van der Waals surface area contributed by atoms with E-state index >= 15 is 0 Å². The topological polar surface area (TPSA) is 67.2 Å². The van der Waals surface area contributed by atoms with E-state index in [1.54, 1.807) is 6.92 Å². The van der Waals surface area contributed by atoms with Crippen LogP contribution in [0.2, 0.25) is 0 Å². The quantitative estimate of drug-likeness (QED) is 0.609. The summed E-state index contributed by atoms with van der Waals surface area (Å²) in [6.07, 6.45) is 0.896. The lowest BCUT2D eigenvalue weighted by Gasteiger charge is -1.99. The van der Waals surface area contributed by atoms with Crippen LogP contribution < -0.4 is 0 Å². The Morgan fingerprint density at radius 1 is 1.67 bits per heavy atom. The second-order valence-electron chi connectivity index (χ2n) is 2.80. The molecule has 5 heteroatoms. The fraction of sp³-hybridized carbons (Fsp3) is 0.857. The zero-order valence-corrected chi connectivity index (χ0v) is 7.67. The van der Waals surface area contributed by atoms with Gasteiger partial charge in [0.15, 0.2) is 0 Å². The fourth-order valence-electron chi connectivity index (χ4n) is 1.16. The van der Waals surface area contributed by atoms with Crippen molar-refractivity contribution in [2.75, 3.05) is 6.61 Å². The fourth-order valence-corrected chi connectivity index (χ4v) is 2.71. The van der Waals surface area contributed by atoms with Crippen molar-refractivity contribution < 1.29 is 12.6 Å². The monoisotopic (exact) mass is 189 g/mol. The minimum atomic E-state index is -3.36. The molecule has 4 nitrogen and oxygen atoms in total. The summed E-state index contributed by atoms with van der Waals surface area (Å²) in [5.41, 5.74) is 0. The van der Waals surface area contributed by atoms with Gasteiger partial charge in [-0.05, 0) is 19.3 Å². The summed E-state index contributed by atoms with van der Waals surface area (Å²) in [5.74, 6) is 0.00606. The van der Waals surface area contributed by atoms with E-state index in [0.29, 0.717) is 12.8 Å². The SMILES string of the molecule is CCOS(=O)(=O)C1CC1CC#N. The highest BCUT2D eigenvalue weighted by Crippen LogP contribution is 2.40. The first kappa shape index (κ1) is 9.49. The molecule has 1 aliphatic rings. The van der Waals surface area contributed by atoms with Gasteiger partial charge in [-0.15, -0.1) is 0 Å². The van der Waals surface area contributed by atoms with Crippen molar-refractivity contribution in [2.45, 2.75) is 25.0 Å². The molecule has 0 aromatic rings. The molecule has 0 radical (unpaired) electrons. The van der Waals surface area contributed by atoms with E-state index in [2.05, 4.69) is 4.18 Å². The van der Waals surface area contributed by atoms with Crippen LogP contribution in [0.3, 0.4) is 0 Å². The van der Waals surface area contributed by atoms with Crippen LogP contribution >= 0.6 is 0 Å². The van der Waals surface area contributed by atoms with E-state index in [1.165, 1.54) is 0 Å². The van der Waals surface area contributed by atoms with Gasteiger partial charge in [-0.25, -0.2) is 0 Å². The Bertz CT molecular complexity index is 290. The lowest BCUT2D eigenvalue weighted by molar-refractivity contribution is 0.336. The molecule has 0 aromatic carbocycles. The molecule has 1 rings (SSSR count). The van der Waals surface area contributed by atoms with Gasteiger partial charge >= 0.3 is 0 Å². The number of rotatable bonds is 4. The molecule has 68 valence electrons. The van der Waals surface area contributed by atoms with Crippen LogP contribution in [-0.2, 0) is 14.3 Å². The van der Waals surface area contributed by atoms with Crippen LogP contribution in [0.1, 0.15) is 19.8 Å². The first-order chi connectivity index (χ1) is 5.61. The van der Waals surface area contributed by atoms with Crippen LogP contribution in [-0.4, -0.2) is 20.3 Å². The minimum Gasteiger partial charge on any atom is -0.270 e. The summed E-state index contributed by atoms with van der Waals surface area (Å²) in [4.78, 5) is 0.